The van der Waals surface area contributed by atoms with Crippen molar-refractivity contribution in [2.45, 2.75) is 79.1 Å². The predicted molar refractivity (Wildman–Crippen MR) is 179 cm³/mol. The maximum absolute atomic E-state index is 12.7. The van der Waals surface area contributed by atoms with Crippen molar-refractivity contribution in [3.63, 3.8) is 0 Å². The van der Waals surface area contributed by atoms with Gasteiger partial charge in [-0.3, -0.25) is 0 Å². The Kier molecular flexibility index (Phi) is 10.4. The Hall–Kier alpha value is -5.45. The summed E-state index contributed by atoms with van der Waals surface area (Å²) >= 11 is 0. The number of rotatable bonds is 6. The second kappa shape index (κ2) is 14.1. The molecule has 252 valence electrons. The third-order valence-corrected chi connectivity index (χ3v) is 5.93. The molecule has 11 nitrogen and oxygen atoms in total. The van der Waals surface area contributed by atoms with Gasteiger partial charge in [0.1, 0.15) is 34.1 Å². The van der Waals surface area contributed by atoms with Crippen LogP contribution in [0.2, 0.25) is 0 Å². The number of aromatic nitrogens is 2. The fourth-order valence-corrected chi connectivity index (χ4v) is 4.20. The zero-order valence-electron chi connectivity index (χ0n) is 28.6. The number of carbonyl (C=O) groups is 3. The van der Waals surface area contributed by atoms with Gasteiger partial charge in [-0.25, -0.2) is 24.4 Å². The molecular formula is C37H40N2O9. The molecule has 0 radical (unpaired) electrons. The lowest BCUT2D eigenvalue weighted by atomic mass is 10.0. The largest absolute Gasteiger partial charge is 0.514 e. The number of ether oxygens (including phenoxy) is 6. The van der Waals surface area contributed by atoms with E-state index in [1.54, 1.807) is 141 Å². The van der Waals surface area contributed by atoms with E-state index in [0.717, 1.165) is 0 Å². The third kappa shape index (κ3) is 10.3. The molecule has 0 aliphatic carbocycles. The average Bonchev–Trinajstić information content (AvgIpc) is 2.95. The minimum Gasteiger partial charge on any atom is -0.428 e. The predicted octanol–water partition coefficient (Wildman–Crippen LogP) is 9.42. The van der Waals surface area contributed by atoms with Crippen molar-refractivity contribution >= 4 is 18.5 Å². The van der Waals surface area contributed by atoms with Gasteiger partial charge in [0.25, 0.3) is 0 Å². The van der Waals surface area contributed by atoms with Crippen LogP contribution in [0.5, 0.6) is 17.2 Å². The fourth-order valence-electron chi connectivity index (χ4n) is 4.20. The van der Waals surface area contributed by atoms with Gasteiger partial charge in [0.15, 0.2) is 5.82 Å². The van der Waals surface area contributed by atoms with E-state index < -0.39 is 35.3 Å². The van der Waals surface area contributed by atoms with Crippen molar-refractivity contribution in [2.75, 3.05) is 0 Å². The lowest BCUT2D eigenvalue weighted by Crippen LogP contribution is -2.26. The molecular weight excluding hydrogens is 616 g/mol. The second-order valence-corrected chi connectivity index (χ2v) is 13.6. The van der Waals surface area contributed by atoms with Crippen molar-refractivity contribution in [2.24, 2.45) is 0 Å². The molecule has 0 spiro atoms. The number of para-hydroxylation sites is 3. The Morgan fingerprint density at radius 2 is 0.750 bits per heavy atom. The first kappa shape index (κ1) is 35.4. The Morgan fingerprint density at radius 1 is 0.458 bits per heavy atom. The summed E-state index contributed by atoms with van der Waals surface area (Å²) in [5.41, 5.74) is -0.433. The summed E-state index contributed by atoms with van der Waals surface area (Å²) in [4.78, 5) is 47.7. The molecule has 11 heteroatoms. The van der Waals surface area contributed by atoms with Crippen molar-refractivity contribution in [3.05, 3.63) is 78.9 Å². The monoisotopic (exact) mass is 656 g/mol. The molecule has 0 aliphatic rings. The maximum Gasteiger partial charge on any atom is 0.514 e. The molecule has 4 rings (SSSR count). The summed E-state index contributed by atoms with van der Waals surface area (Å²) in [5, 5.41) is 0. The molecule has 0 bridgehead atoms. The molecule has 1 heterocycles. The van der Waals surface area contributed by atoms with Gasteiger partial charge in [0.2, 0.25) is 0 Å². The zero-order valence-corrected chi connectivity index (χ0v) is 28.6. The first-order valence-electron chi connectivity index (χ1n) is 15.3. The van der Waals surface area contributed by atoms with Gasteiger partial charge >= 0.3 is 18.5 Å². The van der Waals surface area contributed by atoms with Gasteiger partial charge in [0.05, 0.1) is 17.0 Å². The smallest absolute Gasteiger partial charge is 0.428 e. The molecule has 4 aromatic rings. The van der Waals surface area contributed by atoms with E-state index in [4.69, 9.17) is 38.4 Å². The van der Waals surface area contributed by atoms with Crippen LogP contribution in [0.1, 0.15) is 62.3 Å². The van der Waals surface area contributed by atoms with E-state index >= 15 is 0 Å². The fraction of sp³-hybridized carbons (Fsp3) is 0.324. The third-order valence-electron chi connectivity index (χ3n) is 5.93. The van der Waals surface area contributed by atoms with Crippen LogP contribution < -0.4 is 14.2 Å². The molecule has 0 saturated heterocycles. The van der Waals surface area contributed by atoms with Crippen molar-refractivity contribution in [1.29, 1.82) is 0 Å². The van der Waals surface area contributed by atoms with E-state index in [0.29, 0.717) is 28.1 Å². The highest BCUT2D eigenvalue weighted by molar-refractivity contribution is 5.81. The quantitative estimate of drug-likeness (QED) is 0.112. The highest BCUT2D eigenvalue weighted by Gasteiger charge is 2.25. The van der Waals surface area contributed by atoms with Crippen LogP contribution in [0.15, 0.2) is 78.9 Å². The lowest BCUT2D eigenvalue weighted by molar-refractivity contribution is 0.0194. The molecule has 0 aliphatic heterocycles. The topological polar surface area (TPSA) is 132 Å². The van der Waals surface area contributed by atoms with Crippen molar-refractivity contribution in [3.8, 4) is 51.2 Å². The summed E-state index contributed by atoms with van der Waals surface area (Å²) in [7, 11) is 0. The van der Waals surface area contributed by atoms with Crippen LogP contribution in [0.3, 0.4) is 0 Å². The molecule has 0 atom stereocenters. The van der Waals surface area contributed by atoms with E-state index in [1.165, 1.54) is 0 Å². The first-order chi connectivity index (χ1) is 22.4. The van der Waals surface area contributed by atoms with Crippen LogP contribution >= 0.6 is 0 Å². The van der Waals surface area contributed by atoms with Crippen LogP contribution in [0, 0.1) is 0 Å². The summed E-state index contributed by atoms with van der Waals surface area (Å²) in [5.74, 6) is 0.657. The van der Waals surface area contributed by atoms with Gasteiger partial charge in [-0.15, -0.1) is 0 Å². The molecule has 1 aromatic heterocycles. The Bertz CT molecular complexity index is 1580. The second-order valence-electron chi connectivity index (χ2n) is 13.6. The van der Waals surface area contributed by atoms with Crippen LogP contribution in [-0.4, -0.2) is 45.2 Å². The van der Waals surface area contributed by atoms with Gasteiger partial charge in [-0.1, -0.05) is 36.4 Å². The van der Waals surface area contributed by atoms with E-state index in [1.807, 2.05) is 0 Å². The Labute approximate surface area is 280 Å². The van der Waals surface area contributed by atoms with Gasteiger partial charge in [0, 0.05) is 11.1 Å². The van der Waals surface area contributed by atoms with E-state index in [2.05, 4.69) is 0 Å². The van der Waals surface area contributed by atoms with E-state index in [-0.39, 0.29) is 23.1 Å². The Balaban J connectivity index is 1.89. The average molecular weight is 657 g/mol. The normalized spacial score (nSPS) is 11.7. The minimum absolute atomic E-state index is 0.145. The summed E-state index contributed by atoms with van der Waals surface area (Å²) < 4.78 is 33.0. The van der Waals surface area contributed by atoms with Crippen molar-refractivity contribution in [1.82, 2.24) is 9.97 Å². The van der Waals surface area contributed by atoms with E-state index in [9.17, 15) is 14.4 Å². The summed E-state index contributed by atoms with van der Waals surface area (Å²) in [6.45, 7) is 15.6. The zero-order chi connectivity index (χ0) is 35.3. The molecule has 0 unspecified atom stereocenters. The van der Waals surface area contributed by atoms with Gasteiger partial charge < -0.3 is 28.4 Å². The standard InChI is InChI=1S/C37H40N2O9/c1-35(2,3)46-32(40)43-28-19-13-10-16-23(28)26-22-27(24-17-11-14-20-29(24)44-33(41)47-36(4,5)6)39-31(38-26)25-18-12-15-21-30(25)45-34(42)48-37(7,8)9/h10-22H,1-9H3. The molecule has 0 amide bonds. The highest BCUT2D eigenvalue weighted by atomic mass is 16.7. The molecule has 48 heavy (non-hydrogen) atoms. The molecule has 3 aromatic carbocycles. The Morgan fingerprint density at radius 3 is 1.08 bits per heavy atom. The molecule has 0 fully saturated rings. The lowest BCUT2D eigenvalue weighted by Gasteiger charge is -2.20. The summed E-state index contributed by atoms with van der Waals surface area (Å²) in [6, 6.07) is 22.0. The van der Waals surface area contributed by atoms with Gasteiger partial charge in [-0.05, 0) is 105 Å². The number of nitrogens with zero attached hydrogens (tertiary/aromatic N) is 2. The number of hydrogen-bond acceptors (Lipinski definition) is 11. The minimum atomic E-state index is -0.904. The maximum atomic E-state index is 12.7. The van der Waals surface area contributed by atoms with Crippen LogP contribution in [0.4, 0.5) is 14.4 Å². The van der Waals surface area contributed by atoms with Gasteiger partial charge in [-0.2, -0.15) is 0 Å². The molecule has 0 saturated carbocycles. The number of hydrogen-bond donors (Lipinski definition) is 0. The number of benzene rings is 3. The number of carbonyl (C=O) groups excluding carboxylic acids is 3. The van der Waals surface area contributed by atoms with Crippen molar-refractivity contribution < 1.29 is 42.8 Å². The van der Waals surface area contributed by atoms with Crippen LogP contribution in [0.25, 0.3) is 33.9 Å². The summed E-state index contributed by atoms with van der Waals surface area (Å²) in [6.07, 6.45) is -2.69. The highest BCUT2D eigenvalue weighted by Crippen LogP contribution is 2.38. The first-order valence-corrected chi connectivity index (χ1v) is 15.3. The molecule has 0 N–H and O–H groups in total. The SMILES string of the molecule is CC(C)(C)OC(=O)Oc1ccccc1-c1cc(-c2ccccc2OC(=O)OC(C)(C)C)nc(-c2ccccc2OC(=O)OC(C)(C)C)n1. The van der Waals surface area contributed by atoms with Crippen LogP contribution in [-0.2, 0) is 14.2 Å².